The molecule has 2 unspecified atom stereocenters. The zero-order valence-corrected chi connectivity index (χ0v) is 20.0. The van der Waals surface area contributed by atoms with E-state index >= 15 is 0 Å². The Morgan fingerprint density at radius 1 is 0.939 bits per heavy atom. The van der Waals surface area contributed by atoms with Crippen molar-refractivity contribution in [2.45, 2.75) is 37.7 Å². The van der Waals surface area contributed by atoms with Gasteiger partial charge in [-0.3, -0.25) is 0 Å². The van der Waals surface area contributed by atoms with E-state index in [1.807, 2.05) is 48.5 Å². The minimum atomic E-state index is -1.04. The van der Waals surface area contributed by atoms with Crippen LogP contribution >= 0.6 is 11.6 Å². The molecule has 3 aromatic rings. The van der Waals surface area contributed by atoms with Gasteiger partial charge in [0, 0.05) is 23.8 Å². The summed E-state index contributed by atoms with van der Waals surface area (Å²) >= 11 is 6.51. The maximum atomic E-state index is 11.8. The van der Waals surface area contributed by atoms with Crippen LogP contribution in [-0.4, -0.2) is 35.8 Å². The minimum Gasteiger partial charge on any atom is -0.379 e. The molecule has 0 saturated carbocycles. The van der Waals surface area contributed by atoms with Gasteiger partial charge in [0.25, 0.3) is 0 Å². The summed E-state index contributed by atoms with van der Waals surface area (Å²) in [5.74, 6) is 7.36. The van der Waals surface area contributed by atoms with Gasteiger partial charge in [-0.05, 0) is 46.2 Å². The summed E-state index contributed by atoms with van der Waals surface area (Å²) in [5.41, 5.74) is 4.41. The first-order chi connectivity index (χ1) is 16.1. The van der Waals surface area contributed by atoms with Crippen molar-refractivity contribution in [3.63, 3.8) is 0 Å². The van der Waals surface area contributed by atoms with E-state index in [9.17, 15) is 5.11 Å². The quantitative estimate of drug-likeness (QED) is 0.349. The summed E-state index contributed by atoms with van der Waals surface area (Å²) in [6.07, 6.45) is 2.71. The molecule has 0 radical (unpaired) electrons. The molecular weight excluding hydrogens is 426 g/mol. The topological polar surface area (TPSA) is 20.2 Å². The maximum Gasteiger partial charge on any atom is 0.140 e. The molecule has 0 spiro atoms. The second kappa shape index (κ2) is 8.99. The molecule has 3 heteroatoms. The van der Waals surface area contributed by atoms with Gasteiger partial charge in [-0.15, -0.1) is 0 Å². The molecule has 1 N–H and O–H groups in total. The van der Waals surface area contributed by atoms with Gasteiger partial charge in [-0.2, -0.15) is 0 Å². The molecule has 0 amide bonds. The Bertz CT molecular complexity index is 1180. The summed E-state index contributed by atoms with van der Waals surface area (Å²) in [4.78, 5) is 0. The summed E-state index contributed by atoms with van der Waals surface area (Å²) in [6, 6.07) is 24.6. The predicted octanol–water partition coefficient (Wildman–Crippen LogP) is 6.36. The van der Waals surface area contributed by atoms with Crippen LogP contribution in [0.3, 0.4) is 0 Å². The fourth-order valence-corrected chi connectivity index (χ4v) is 6.24. The number of halogens is 1. The van der Waals surface area contributed by atoms with Gasteiger partial charge in [-0.25, -0.2) is 0 Å². The Kier molecular flexibility index (Phi) is 6.06. The SMILES string of the molecule is CCC[N+]1(CC#CCC2(O)c3ccccc3-c3ccccc32)CCC(c2ccccc2Cl)C1. The third kappa shape index (κ3) is 4.00. The van der Waals surface area contributed by atoms with Crippen molar-refractivity contribution in [2.75, 3.05) is 26.2 Å². The van der Waals surface area contributed by atoms with Crippen LogP contribution in [0.5, 0.6) is 0 Å². The van der Waals surface area contributed by atoms with Gasteiger partial charge in [0.15, 0.2) is 0 Å². The number of quaternary nitrogens is 1. The Hall–Kier alpha value is -2.57. The van der Waals surface area contributed by atoms with Crippen LogP contribution in [0.4, 0.5) is 0 Å². The van der Waals surface area contributed by atoms with E-state index in [4.69, 9.17) is 11.6 Å². The molecule has 168 valence electrons. The second-order valence-corrected chi connectivity index (χ2v) is 10.0. The first kappa shape index (κ1) is 22.2. The molecule has 2 aliphatic rings. The molecule has 0 bridgehead atoms. The van der Waals surface area contributed by atoms with Crippen molar-refractivity contribution in [2.24, 2.45) is 0 Å². The van der Waals surface area contributed by atoms with Crippen LogP contribution < -0.4 is 0 Å². The molecule has 1 saturated heterocycles. The maximum absolute atomic E-state index is 11.8. The number of rotatable bonds is 5. The lowest BCUT2D eigenvalue weighted by Crippen LogP contribution is -2.46. The van der Waals surface area contributed by atoms with E-state index in [2.05, 4.69) is 43.0 Å². The van der Waals surface area contributed by atoms with Crippen molar-refractivity contribution < 1.29 is 9.59 Å². The Morgan fingerprint density at radius 2 is 1.58 bits per heavy atom. The number of benzene rings is 3. The van der Waals surface area contributed by atoms with Crippen LogP contribution in [0.2, 0.25) is 5.02 Å². The van der Waals surface area contributed by atoms with Crippen molar-refractivity contribution in [1.82, 2.24) is 0 Å². The summed E-state index contributed by atoms with van der Waals surface area (Å²) < 4.78 is 1.02. The monoisotopic (exact) mass is 456 g/mol. The molecule has 1 aliphatic heterocycles. The van der Waals surface area contributed by atoms with Gasteiger partial charge >= 0.3 is 0 Å². The number of aliphatic hydroxyl groups is 1. The predicted molar refractivity (Wildman–Crippen MR) is 136 cm³/mol. The molecule has 2 atom stereocenters. The molecule has 0 aromatic heterocycles. The van der Waals surface area contributed by atoms with Gasteiger partial charge in [0.1, 0.15) is 12.1 Å². The normalized spacial score (nSPS) is 22.3. The average molecular weight is 457 g/mol. The van der Waals surface area contributed by atoms with Gasteiger partial charge in [0.2, 0.25) is 0 Å². The standard InChI is InChI=1S/C30H31ClNO/c1-2-19-32(21-17-23(22-32)24-11-5-8-16-29(24)31)20-10-9-18-30(33)27-14-6-3-12-25(27)26-13-4-7-15-28(26)30/h3-8,11-16,23,33H,2,17-22H2,1H3/q+1. The number of hydrogen-bond acceptors (Lipinski definition) is 1. The minimum absolute atomic E-state index is 0.418. The molecule has 5 rings (SSSR count). The Morgan fingerprint density at radius 3 is 2.24 bits per heavy atom. The molecule has 2 nitrogen and oxygen atoms in total. The van der Waals surface area contributed by atoms with Gasteiger partial charge in [0.05, 0.1) is 19.6 Å². The van der Waals surface area contributed by atoms with Crippen LogP contribution in [0.1, 0.15) is 48.8 Å². The average Bonchev–Trinajstić information content (AvgIpc) is 3.36. The highest BCUT2D eigenvalue weighted by molar-refractivity contribution is 6.31. The van der Waals surface area contributed by atoms with E-state index in [0.29, 0.717) is 12.3 Å². The van der Waals surface area contributed by atoms with Gasteiger partial charge < -0.3 is 9.59 Å². The number of hydrogen-bond donors (Lipinski definition) is 1. The zero-order chi connectivity index (χ0) is 22.9. The fourth-order valence-electron chi connectivity index (χ4n) is 5.95. The number of likely N-dealkylation sites (tertiary alicyclic amines) is 1. The summed E-state index contributed by atoms with van der Waals surface area (Å²) in [5, 5.41) is 12.6. The highest BCUT2D eigenvalue weighted by Crippen LogP contribution is 2.48. The Balaban J connectivity index is 1.35. The highest BCUT2D eigenvalue weighted by atomic mass is 35.5. The number of fused-ring (bicyclic) bond motifs is 3. The van der Waals surface area contributed by atoms with E-state index in [1.54, 1.807) is 0 Å². The third-order valence-corrected chi connectivity index (χ3v) is 7.87. The van der Waals surface area contributed by atoms with Crippen LogP contribution in [-0.2, 0) is 5.60 Å². The fraction of sp³-hybridized carbons (Fsp3) is 0.333. The van der Waals surface area contributed by atoms with E-state index in [1.165, 1.54) is 5.56 Å². The van der Waals surface area contributed by atoms with E-state index in [0.717, 1.165) is 70.8 Å². The van der Waals surface area contributed by atoms with E-state index in [-0.39, 0.29) is 0 Å². The molecule has 1 heterocycles. The zero-order valence-electron chi connectivity index (χ0n) is 19.2. The Labute approximate surface area is 202 Å². The molecule has 1 fully saturated rings. The van der Waals surface area contributed by atoms with Crippen LogP contribution in [0.15, 0.2) is 72.8 Å². The smallest absolute Gasteiger partial charge is 0.140 e. The molecule has 33 heavy (non-hydrogen) atoms. The lowest BCUT2D eigenvalue weighted by atomic mass is 9.88. The third-order valence-electron chi connectivity index (χ3n) is 7.52. The van der Waals surface area contributed by atoms with Crippen molar-refractivity contribution in [3.8, 4) is 23.0 Å². The first-order valence-corrected chi connectivity index (χ1v) is 12.4. The lowest BCUT2D eigenvalue weighted by Gasteiger charge is -2.32. The van der Waals surface area contributed by atoms with Crippen LogP contribution in [0.25, 0.3) is 11.1 Å². The van der Waals surface area contributed by atoms with Crippen molar-refractivity contribution in [3.05, 3.63) is 94.5 Å². The van der Waals surface area contributed by atoms with Crippen LogP contribution in [0, 0.1) is 11.8 Å². The summed E-state index contributed by atoms with van der Waals surface area (Å²) in [7, 11) is 0. The largest absolute Gasteiger partial charge is 0.379 e. The van der Waals surface area contributed by atoms with Gasteiger partial charge in [-0.1, -0.05) is 91.2 Å². The van der Waals surface area contributed by atoms with E-state index < -0.39 is 5.60 Å². The molecule has 3 aromatic carbocycles. The molecular formula is C30H31ClNO+. The number of nitrogens with zero attached hydrogens (tertiary/aromatic N) is 1. The van der Waals surface area contributed by atoms with Crippen molar-refractivity contribution >= 4 is 11.6 Å². The second-order valence-electron chi connectivity index (χ2n) is 9.62. The highest BCUT2D eigenvalue weighted by Gasteiger charge is 2.41. The summed E-state index contributed by atoms with van der Waals surface area (Å²) in [6.45, 7) is 6.43. The van der Waals surface area contributed by atoms with Crippen molar-refractivity contribution in [1.29, 1.82) is 0 Å². The first-order valence-electron chi connectivity index (χ1n) is 12.0. The molecule has 1 aliphatic carbocycles. The lowest BCUT2D eigenvalue weighted by molar-refractivity contribution is -0.910.